The molecule has 0 aromatic heterocycles. The largest absolute Gasteiger partial charge is 0.494 e. The van der Waals surface area contributed by atoms with E-state index in [1.165, 1.54) is 0 Å². The van der Waals surface area contributed by atoms with Gasteiger partial charge in [-0.3, -0.25) is 4.79 Å². The molecular formula is C17H25NO3. The fourth-order valence-electron chi connectivity index (χ4n) is 2.73. The highest BCUT2D eigenvalue weighted by Crippen LogP contribution is 2.23. The molecule has 21 heavy (non-hydrogen) atoms. The van der Waals surface area contributed by atoms with Crippen LogP contribution in [0.25, 0.3) is 0 Å². The molecule has 1 aromatic carbocycles. The van der Waals surface area contributed by atoms with Crippen molar-refractivity contribution in [3.8, 4) is 5.75 Å². The Bertz CT molecular complexity index is 461. The maximum atomic E-state index is 12.2. The maximum absolute atomic E-state index is 12.2. The minimum absolute atomic E-state index is 0.0722. The molecule has 0 spiro atoms. The van der Waals surface area contributed by atoms with Crippen LogP contribution >= 0.6 is 0 Å². The summed E-state index contributed by atoms with van der Waals surface area (Å²) >= 11 is 0. The molecule has 0 heterocycles. The summed E-state index contributed by atoms with van der Waals surface area (Å²) in [5.74, 6) is 1.05. The summed E-state index contributed by atoms with van der Waals surface area (Å²) < 4.78 is 5.54. The van der Waals surface area contributed by atoms with Gasteiger partial charge < -0.3 is 15.2 Å². The zero-order valence-electron chi connectivity index (χ0n) is 12.7. The second-order valence-electron chi connectivity index (χ2n) is 5.77. The first kappa shape index (κ1) is 15.8. The number of rotatable bonds is 6. The van der Waals surface area contributed by atoms with Crippen LogP contribution in [-0.2, 0) is 0 Å². The Morgan fingerprint density at radius 1 is 1.43 bits per heavy atom. The second kappa shape index (κ2) is 8.03. The number of amides is 1. The Morgan fingerprint density at radius 2 is 2.29 bits per heavy atom. The van der Waals surface area contributed by atoms with E-state index < -0.39 is 0 Å². The molecule has 1 aliphatic carbocycles. The normalized spacial score (nSPS) is 21.8. The highest BCUT2D eigenvalue weighted by Gasteiger charge is 2.20. The van der Waals surface area contributed by atoms with Crippen molar-refractivity contribution >= 4 is 5.91 Å². The number of hydrogen-bond donors (Lipinski definition) is 2. The molecular weight excluding hydrogens is 266 g/mol. The molecule has 4 heteroatoms. The van der Waals surface area contributed by atoms with E-state index in [0.29, 0.717) is 24.6 Å². The first-order chi connectivity index (χ1) is 10.2. The van der Waals surface area contributed by atoms with E-state index in [1.807, 2.05) is 12.1 Å². The van der Waals surface area contributed by atoms with Crippen molar-refractivity contribution in [2.45, 2.75) is 45.1 Å². The van der Waals surface area contributed by atoms with Gasteiger partial charge in [0.2, 0.25) is 0 Å². The van der Waals surface area contributed by atoms with Gasteiger partial charge in [-0.1, -0.05) is 19.4 Å². The van der Waals surface area contributed by atoms with Crippen molar-refractivity contribution in [1.29, 1.82) is 0 Å². The monoisotopic (exact) mass is 291 g/mol. The zero-order chi connectivity index (χ0) is 15.1. The van der Waals surface area contributed by atoms with Crippen LogP contribution in [0, 0.1) is 5.92 Å². The van der Waals surface area contributed by atoms with Gasteiger partial charge in [0.15, 0.2) is 0 Å². The van der Waals surface area contributed by atoms with Crippen molar-refractivity contribution in [3.63, 3.8) is 0 Å². The molecule has 4 nitrogen and oxygen atoms in total. The molecule has 0 radical (unpaired) electrons. The van der Waals surface area contributed by atoms with Crippen LogP contribution < -0.4 is 10.1 Å². The first-order valence-corrected chi connectivity index (χ1v) is 7.88. The lowest BCUT2D eigenvalue weighted by atomic mass is 9.87. The molecule has 2 atom stereocenters. The van der Waals surface area contributed by atoms with E-state index in [2.05, 4.69) is 12.2 Å². The summed E-state index contributed by atoms with van der Waals surface area (Å²) in [6.07, 6.45) is 4.55. The van der Waals surface area contributed by atoms with Crippen LogP contribution in [0.2, 0.25) is 0 Å². The van der Waals surface area contributed by atoms with E-state index in [0.717, 1.165) is 37.9 Å². The van der Waals surface area contributed by atoms with E-state index in [9.17, 15) is 9.90 Å². The molecule has 1 fully saturated rings. The first-order valence-electron chi connectivity index (χ1n) is 7.88. The van der Waals surface area contributed by atoms with Crippen molar-refractivity contribution in [2.75, 3.05) is 13.2 Å². The lowest BCUT2D eigenvalue weighted by molar-refractivity contribution is 0.0873. The molecule has 0 bridgehead atoms. The van der Waals surface area contributed by atoms with Gasteiger partial charge in [-0.05, 0) is 49.8 Å². The van der Waals surface area contributed by atoms with E-state index >= 15 is 0 Å². The molecule has 0 saturated heterocycles. The van der Waals surface area contributed by atoms with Crippen molar-refractivity contribution in [1.82, 2.24) is 5.32 Å². The van der Waals surface area contributed by atoms with Crippen LogP contribution in [0.5, 0.6) is 5.75 Å². The number of carbonyl (C=O) groups excluding carboxylic acids is 1. The highest BCUT2D eigenvalue weighted by molar-refractivity contribution is 5.94. The standard InChI is InChI=1S/C17H25NO3/c1-2-9-21-16-8-4-6-14(11-16)17(20)18-12-13-5-3-7-15(19)10-13/h4,6,8,11,13,15,19H,2-3,5,7,9-10,12H2,1H3,(H,18,20). The molecule has 1 saturated carbocycles. The van der Waals surface area contributed by atoms with Gasteiger partial charge in [0.05, 0.1) is 12.7 Å². The molecule has 2 N–H and O–H groups in total. The predicted octanol–water partition coefficient (Wildman–Crippen LogP) is 2.76. The molecule has 1 aliphatic rings. The fourth-order valence-corrected chi connectivity index (χ4v) is 2.73. The summed E-state index contributed by atoms with van der Waals surface area (Å²) in [4.78, 5) is 12.2. The quantitative estimate of drug-likeness (QED) is 0.847. The molecule has 116 valence electrons. The molecule has 1 amide bonds. The van der Waals surface area contributed by atoms with Gasteiger partial charge in [-0.15, -0.1) is 0 Å². The maximum Gasteiger partial charge on any atom is 0.251 e. The van der Waals surface area contributed by atoms with Crippen LogP contribution in [0.4, 0.5) is 0 Å². The molecule has 2 unspecified atom stereocenters. The average Bonchev–Trinajstić information content (AvgIpc) is 2.51. The lowest BCUT2D eigenvalue weighted by Gasteiger charge is -2.25. The van der Waals surface area contributed by atoms with Crippen LogP contribution in [-0.4, -0.2) is 30.3 Å². The second-order valence-corrected chi connectivity index (χ2v) is 5.77. The SMILES string of the molecule is CCCOc1cccc(C(=O)NCC2CCCC(O)C2)c1. The van der Waals surface area contributed by atoms with Crippen molar-refractivity contribution < 1.29 is 14.6 Å². The third kappa shape index (κ3) is 5.05. The minimum Gasteiger partial charge on any atom is -0.494 e. The van der Waals surface area contributed by atoms with Gasteiger partial charge >= 0.3 is 0 Å². The zero-order valence-corrected chi connectivity index (χ0v) is 12.7. The number of benzene rings is 1. The number of nitrogens with one attached hydrogen (secondary N) is 1. The Balaban J connectivity index is 1.85. The van der Waals surface area contributed by atoms with Gasteiger partial charge in [-0.2, -0.15) is 0 Å². The average molecular weight is 291 g/mol. The number of ether oxygens (including phenoxy) is 1. The highest BCUT2D eigenvalue weighted by atomic mass is 16.5. The number of aliphatic hydroxyl groups excluding tert-OH is 1. The lowest BCUT2D eigenvalue weighted by Crippen LogP contribution is -2.32. The van der Waals surface area contributed by atoms with E-state index in [4.69, 9.17) is 4.74 Å². The Kier molecular flexibility index (Phi) is 6.05. The molecule has 1 aromatic rings. The summed E-state index contributed by atoms with van der Waals surface area (Å²) in [7, 11) is 0. The summed E-state index contributed by atoms with van der Waals surface area (Å²) in [6, 6.07) is 7.28. The van der Waals surface area contributed by atoms with Gasteiger partial charge in [0.1, 0.15) is 5.75 Å². The Labute approximate surface area is 126 Å². The summed E-state index contributed by atoms with van der Waals surface area (Å²) in [5.41, 5.74) is 0.625. The van der Waals surface area contributed by atoms with Crippen LogP contribution in [0.3, 0.4) is 0 Å². The summed E-state index contributed by atoms with van der Waals surface area (Å²) in [6.45, 7) is 3.34. The van der Waals surface area contributed by atoms with Crippen molar-refractivity contribution in [3.05, 3.63) is 29.8 Å². The van der Waals surface area contributed by atoms with Crippen molar-refractivity contribution in [2.24, 2.45) is 5.92 Å². The van der Waals surface area contributed by atoms with E-state index in [1.54, 1.807) is 12.1 Å². The third-order valence-corrected chi connectivity index (χ3v) is 3.88. The predicted molar refractivity (Wildman–Crippen MR) is 82.5 cm³/mol. The van der Waals surface area contributed by atoms with E-state index in [-0.39, 0.29) is 12.0 Å². The Hall–Kier alpha value is -1.55. The molecule has 0 aliphatic heterocycles. The van der Waals surface area contributed by atoms with Gasteiger partial charge in [0, 0.05) is 12.1 Å². The third-order valence-electron chi connectivity index (χ3n) is 3.88. The van der Waals surface area contributed by atoms with Crippen LogP contribution in [0.15, 0.2) is 24.3 Å². The number of hydrogen-bond acceptors (Lipinski definition) is 3. The number of aliphatic hydroxyl groups is 1. The number of carbonyl (C=O) groups is 1. The van der Waals surface area contributed by atoms with Crippen LogP contribution in [0.1, 0.15) is 49.4 Å². The fraction of sp³-hybridized carbons (Fsp3) is 0.588. The Morgan fingerprint density at radius 3 is 3.05 bits per heavy atom. The minimum atomic E-state index is -0.202. The molecule has 2 rings (SSSR count). The van der Waals surface area contributed by atoms with Gasteiger partial charge in [-0.25, -0.2) is 0 Å². The topological polar surface area (TPSA) is 58.6 Å². The van der Waals surface area contributed by atoms with Gasteiger partial charge in [0.25, 0.3) is 5.91 Å². The summed E-state index contributed by atoms with van der Waals surface area (Å²) in [5, 5.41) is 12.6. The smallest absolute Gasteiger partial charge is 0.251 e.